The molecule has 5 nitrogen and oxygen atoms in total. The molecule has 0 radical (unpaired) electrons. The van der Waals surface area contributed by atoms with Crippen LogP contribution in [0.1, 0.15) is 22.1 Å². The molecule has 6 heteroatoms. The largest absolute Gasteiger partial charge is 0.350 e. The van der Waals surface area contributed by atoms with Crippen molar-refractivity contribution in [1.29, 1.82) is 0 Å². The average molecular weight is 322 g/mol. The Morgan fingerprint density at radius 2 is 1.88 bits per heavy atom. The van der Waals surface area contributed by atoms with Gasteiger partial charge in [0.2, 0.25) is 0 Å². The molecule has 0 saturated carbocycles. The Morgan fingerprint density at radius 3 is 2.67 bits per heavy atom. The van der Waals surface area contributed by atoms with E-state index in [2.05, 4.69) is 10.4 Å². The van der Waals surface area contributed by atoms with E-state index in [1.807, 2.05) is 36.3 Å². The molecule has 2 heterocycles. The van der Waals surface area contributed by atoms with Crippen molar-refractivity contribution >= 4 is 11.6 Å². The number of hydrogen-bond donors (Lipinski definition) is 1. The first-order chi connectivity index (χ1) is 11.6. The van der Waals surface area contributed by atoms with E-state index in [-0.39, 0.29) is 17.9 Å². The third-order valence-corrected chi connectivity index (χ3v) is 4.19. The number of fused-ring (bicyclic) bond motifs is 1. The van der Waals surface area contributed by atoms with Crippen LogP contribution in [0.3, 0.4) is 0 Å². The molecule has 4 rings (SSSR count). The lowest BCUT2D eigenvalue weighted by Crippen LogP contribution is -2.44. The van der Waals surface area contributed by atoms with Crippen LogP contribution in [0.25, 0.3) is 5.69 Å². The molecule has 1 aromatic heterocycles. The van der Waals surface area contributed by atoms with Gasteiger partial charge >= 0.3 is 0 Å². The highest BCUT2D eigenvalue weighted by molar-refractivity contribution is 6.01. The molecule has 0 fully saturated rings. The topological polar surface area (TPSA) is 50.2 Å². The maximum absolute atomic E-state index is 13.0. The number of anilines is 1. The number of nitrogens with zero attached hydrogens (tertiary/aromatic N) is 3. The van der Waals surface area contributed by atoms with Crippen molar-refractivity contribution in [3.05, 3.63) is 77.9 Å². The highest BCUT2D eigenvalue weighted by Gasteiger charge is 2.29. The van der Waals surface area contributed by atoms with E-state index in [4.69, 9.17) is 0 Å². The molecule has 1 aliphatic heterocycles. The SMILES string of the molecule is CN1c2ccccc2C(=O)NC1c1cnn(-c2ccc(F)cc2)c1. The molecule has 1 aliphatic rings. The number of aromatic nitrogens is 2. The van der Waals surface area contributed by atoms with Gasteiger partial charge in [-0.15, -0.1) is 0 Å². The Labute approximate surface area is 138 Å². The van der Waals surface area contributed by atoms with Crippen LogP contribution in [0.5, 0.6) is 0 Å². The summed E-state index contributed by atoms with van der Waals surface area (Å²) in [5, 5.41) is 7.31. The summed E-state index contributed by atoms with van der Waals surface area (Å²) in [5.41, 5.74) is 3.14. The summed E-state index contributed by atoms with van der Waals surface area (Å²) >= 11 is 0. The van der Waals surface area contributed by atoms with Crippen molar-refractivity contribution < 1.29 is 9.18 Å². The Bertz CT molecular complexity index is 903. The van der Waals surface area contributed by atoms with Crippen molar-refractivity contribution in [1.82, 2.24) is 15.1 Å². The second-order valence-corrected chi connectivity index (χ2v) is 5.70. The minimum Gasteiger partial charge on any atom is -0.350 e. The lowest BCUT2D eigenvalue weighted by molar-refractivity contribution is 0.0928. The molecule has 24 heavy (non-hydrogen) atoms. The number of para-hydroxylation sites is 1. The molecule has 2 aromatic carbocycles. The fraction of sp³-hybridized carbons (Fsp3) is 0.111. The summed E-state index contributed by atoms with van der Waals surface area (Å²) in [7, 11) is 1.93. The molecule has 0 bridgehead atoms. The summed E-state index contributed by atoms with van der Waals surface area (Å²) in [6.45, 7) is 0. The van der Waals surface area contributed by atoms with Gasteiger partial charge in [-0.25, -0.2) is 9.07 Å². The number of benzene rings is 2. The predicted molar refractivity (Wildman–Crippen MR) is 88.6 cm³/mol. The van der Waals surface area contributed by atoms with Crippen LogP contribution in [-0.4, -0.2) is 22.7 Å². The van der Waals surface area contributed by atoms with Crippen molar-refractivity contribution in [2.75, 3.05) is 11.9 Å². The molecule has 0 spiro atoms. The van der Waals surface area contributed by atoms with Crippen molar-refractivity contribution in [2.24, 2.45) is 0 Å². The molecular weight excluding hydrogens is 307 g/mol. The van der Waals surface area contributed by atoms with Gasteiger partial charge in [0.05, 0.1) is 23.1 Å². The molecule has 0 saturated heterocycles. The van der Waals surface area contributed by atoms with Crippen LogP contribution >= 0.6 is 0 Å². The molecular formula is C18H15FN4O. The van der Waals surface area contributed by atoms with Crippen LogP contribution in [0.15, 0.2) is 60.9 Å². The van der Waals surface area contributed by atoms with Gasteiger partial charge in [0, 0.05) is 18.8 Å². The summed E-state index contributed by atoms with van der Waals surface area (Å²) < 4.78 is 14.7. The number of hydrogen-bond acceptors (Lipinski definition) is 3. The number of rotatable bonds is 2. The van der Waals surface area contributed by atoms with Crippen molar-refractivity contribution in [2.45, 2.75) is 6.17 Å². The zero-order valence-electron chi connectivity index (χ0n) is 13.0. The van der Waals surface area contributed by atoms with Crippen LogP contribution in [-0.2, 0) is 0 Å². The van der Waals surface area contributed by atoms with E-state index in [0.29, 0.717) is 5.56 Å². The summed E-state index contributed by atoms with van der Waals surface area (Å²) in [6, 6.07) is 13.6. The first kappa shape index (κ1) is 14.4. The van der Waals surface area contributed by atoms with Crippen LogP contribution in [0.2, 0.25) is 0 Å². The third kappa shape index (κ3) is 2.32. The van der Waals surface area contributed by atoms with Gasteiger partial charge in [0.25, 0.3) is 5.91 Å². The van der Waals surface area contributed by atoms with Crippen LogP contribution in [0, 0.1) is 5.82 Å². The Kier molecular flexibility index (Phi) is 3.30. The van der Waals surface area contributed by atoms with Gasteiger partial charge in [-0.3, -0.25) is 4.79 Å². The predicted octanol–water partition coefficient (Wildman–Crippen LogP) is 2.89. The molecule has 1 atom stereocenters. The number of carbonyl (C=O) groups excluding carboxylic acids is 1. The zero-order chi connectivity index (χ0) is 16.7. The normalized spacial score (nSPS) is 16.7. The number of nitrogens with one attached hydrogen (secondary N) is 1. The smallest absolute Gasteiger partial charge is 0.255 e. The van der Waals surface area contributed by atoms with E-state index >= 15 is 0 Å². The monoisotopic (exact) mass is 322 g/mol. The fourth-order valence-electron chi connectivity index (χ4n) is 2.93. The molecule has 3 aromatic rings. The molecule has 1 amide bonds. The quantitative estimate of drug-likeness (QED) is 0.789. The fourth-order valence-corrected chi connectivity index (χ4v) is 2.93. The Morgan fingerprint density at radius 1 is 1.12 bits per heavy atom. The lowest BCUT2D eigenvalue weighted by atomic mass is 10.1. The van der Waals surface area contributed by atoms with Gasteiger partial charge in [-0.05, 0) is 36.4 Å². The Hall–Kier alpha value is -3.15. The number of amides is 1. The van der Waals surface area contributed by atoms with Gasteiger partial charge in [0.15, 0.2) is 0 Å². The lowest BCUT2D eigenvalue weighted by Gasteiger charge is -2.35. The first-order valence-electron chi connectivity index (χ1n) is 7.57. The van der Waals surface area contributed by atoms with Crippen LogP contribution in [0.4, 0.5) is 10.1 Å². The average Bonchev–Trinajstić information content (AvgIpc) is 3.08. The molecule has 1 N–H and O–H groups in total. The number of halogens is 1. The Balaban J connectivity index is 1.68. The summed E-state index contributed by atoms with van der Waals surface area (Å²) in [6.07, 6.45) is 3.24. The van der Waals surface area contributed by atoms with E-state index in [9.17, 15) is 9.18 Å². The molecule has 0 aliphatic carbocycles. The number of carbonyl (C=O) groups is 1. The zero-order valence-corrected chi connectivity index (χ0v) is 13.0. The van der Waals surface area contributed by atoms with Gasteiger partial charge in [-0.1, -0.05) is 12.1 Å². The highest BCUT2D eigenvalue weighted by atomic mass is 19.1. The van der Waals surface area contributed by atoms with E-state index in [1.165, 1.54) is 12.1 Å². The first-order valence-corrected chi connectivity index (χ1v) is 7.57. The highest BCUT2D eigenvalue weighted by Crippen LogP contribution is 2.31. The van der Waals surface area contributed by atoms with Crippen molar-refractivity contribution in [3.8, 4) is 5.69 Å². The van der Waals surface area contributed by atoms with Gasteiger partial charge in [0.1, 0.15) is 12.0 Å². The van der Waals surface area contributed by atoms with Crippen molar-refractivity contribution in [3.63, 3.8) is 0 Å². The summed E-state index contributed by atoms with van der Waals surface area (Å²) in [4.78, 5) is 14.3. The van der Waals surface area contributed by atoms with E-state index < -0.39 is 0 Å². The molecule has 120 valence electrons. The second kappa shape index (κ2) is 5.49. The summed E-state index contributed by atoms with van der Waals surface area (Å²) in [5.74, 6) is -0.398. The minimum atomic E-state index is -0.304. The third-order valence-electron chi connectivity index (χ3n) is 4.19. The van der Waals surface area contributed by atoms with Gasteiger partial charge < -0.3 is 10.2 Å². The minimum absolute atomic E-state index is 0.108. The van der Waals surface area contributed by atoms with E-state index in [0.717, 1.165) is 16.9 Å². The second-order valence-electron chi connectivity index (χ2n) is 5.70. The maximum Gasteiger partial charge on any atom is 0.255 e. The molecule has 1 unspecified atom stereocenters. The standard InChI is InChI=1S/C18H15FN4O/c1-22-16-5-3-2-4-15(16)18(24)21-17(22)12-10-20-23(11-12)14-8-6-13(19)7-9-14/h2-11,17H,1H3,(H,21,24). The van der Waals surface area contributed by atoms with Crippen LogP contribution < -0.4 is 10.2 Å². The van der Waals surface area contributed by atoms with Gasteiger partial charge in [-0.2, -0.15) is 5.10 Å². The van der Waals surface area contributed by atoms with E-state index in [1.54, 1.807) is 29.1 Å². The maximum atomic E-state index is 13.0.